The Bertz CT molecular complexity index is 648. The van der Waals surface area contributed by atoms with E-state index in [1.54, 1.807) is 11.3 Å². The number of nitrogens with one attached hydrogen (secondary N) is 1. The molecule has 84 valence electrons. The normalized spacial score (nSPS) is 10.6. The largest absolute Gasteiger partial charge is 0.307 e. The first kappa shape index (κ1) is 10.2. The molecule has 3 aromatic rings. The van der Waals surface area contributed by atoms with Crippen molar-refractivity contribution in [3.63, 3.8) is 0 Å². The van der Waals surface area contributed by atoms with Gasteiger partial charge in [-0.2, -0.15) is 0 Å². The van der Waals surface area contributed by atoms with Crippen molar-refractivity contribution in [2.24, 2.45) is 5.84 Å². The van der Waals surface area contributed by atoms with E-state index in [4.69, 9.17) is 5.84 Å². The van der Waals surface area contributed by atoms with Gasteiger partial charge in [0.05, 0.1) is 10.2 Å². The van der Waals surface area contributed by atoms with Crippen LogP contribution in [0.5, 0.6) is 0 Å². The van der Waals surface area contributed by atoms with E-state index in [1.165, 1.54) is 11.9 Å². The van der Waals surface area contributed by atoms with Crippen LogP contribution in [0.4, 0.5) is 5.82 Å². The van der Waals surface area contributed by atoms with Crippen LogP contribution >= 0.6 is 11.3 Å². The molecule has 1 aromatic carbocycles. The zero-order chi connectivity index (χ0) is 11.7. The summed E-state index contributed by atoms with van der Waals surface area (Å²) < 4.78 is 0.980. The molecule has 0 saturated carbocycles. The van der Waals surface area contributed by atoms with Gasteiger partial charge in [-0.05, 0) is 11.6 Å². The first-order valence-electron chi connectivity index (χ1n) is 5.15. The molecular weight excluding hydrogens is 232 g/mol. The Hall–Kier alpha value is -1.98. The molecule has 0 bridgehead atoms. The number of nitrogens with zero attached hydrogens (tertiary/aromatic N) is 2. The monoisotopic (exact) mass is 242 g/mol. The number of aromatic nitrogens is 2. The lowest BCUT2D eigenvalue weighted by Gasteiger charge is -1.97. The van der Waals surface area contributed by atoms with Crippen molar-refractivity contribution >= 4 is 27.4 Å². The molecule has 0 unspecified atom stereocenters. The third-order valence-corrected chi connectivity index (χ3v) is 3.69. The van der Waals surface area contributed by atoms with Crippen LogP contribution in [-0.4, -0.2) is 9.97 Å². The molecule has 0 aliphatic heterocycles. The van der Waals surface area contributed by atoms with Crippen molar-refractivity contribution in [1.29, 1.82) is 0 Å². The van der Waals surface area contributed by atoms with Gasteiger partial charge < -0.3 is 5.43 Å². The molecular formula is C12H10N4S. The highest BCUT2D eigenvalue weighted by atomic mass is 32.1. The number of nitrogens with two attached hydrogens (primary N) is 1. The van der Waals surface area contributed by atoms with E-state index in [9.17, 15) is 0 Å². The summed E-state index contributed by atoms with van der Waals surface area (Å²) in [5, 5.41) is 0. The summed E-state index contributed by atoms with van der Waals surface area (Å²) in [7, 11) is 0. The van der Waals surface area contributed by atoms with Gasteiger partial charge in [0.2, 0.25) is 0 Å². The van der Waals surface area contributed by atoms with Gasteiger partial charge in [-0.25, -0.2) is 15.8 Å². The molecule has 0 saturated heterocycles. The minimum absolute atomic E-state index is 0.669. The van der Waals surface area contributed by atoms with E-state index in [0.29, 0.717) is 5.82 Å². The molecule has 3 N–H and O–H groups in total. The summed E-state index contributed by atoms with van der Waals surface area (Å²) in [5.74, 6) is 6.10. The molecule has 0 aliphatic carbocycles. The number of hydrogen-bond acceptors (Lipinski definition) is 5. The Morgan fingerprint density at radius 3 is 2.71 bits per heavy atom. The zero-order valence-corrected chi connectivity index (χ0v) is 9.74. The third kappa shape index (κ3) is 1.75. The second kappa shape index (κ2) is 4.12. The molecule has 3 rings (SSSR count). The van der Waals surface area contributed by atoms with E-state index in [-0.39, 0.29) is 0 Å². The first-order valence-corrected chi connectivity index (χ1v) is 5.97. The summed E-state index contributed by atoms with van der Waals surface area (Å²) in [6, 6.07) is 12.3. The SMILES string of the molecule is NNc1ncnc2cc(-c3ccccc3)sc12. The summed E-state index contributed by atoms with van der Waals surface area (Å²) in [4.78, 5) is 9.50. The van der Waals surface area contributed by atoms with Crippen molar-refractivity contribution in [2.45, 2.75) is 0 Å². The fraction of sp³-hybridized carbons (Fsp3) is 0. The van der Waals surface area contributed by atoms with Crippen molar-refractivity contribution in [2.75, 3.05) is 5.43 Å². The molecule has 5 heteroatoms. The fourth-order valence-corrected chi connectivity index (χ4v) is 2.77. The molecule has 2 heterocycles. The van der Waals surface area contributed by atoms with Crippen LogP contribution in [0.25, 0.3) is 20.7 Å². The van der Waals surface area contributed by atoms with Crippen LogP contribution in [0, 0.1) is 0 Å². The summed E-state index contributed by atoms with van der Waals surface area (Å²) in [6.45, 7) is 0. The van der Waals surface area contributed by atoms with Crippen LogP contribution in [0.15, 0.2) is 42.7 Å². The van der Waals surface area contributed by atoms with Crippen molar-refractivity contribution in [3.05, 3.63) is 42.7 Å². The number of fused-ring (bicyclic) bond motifs is 1. The van der Waals surface area contributed by atoms with Crippen LogP contribution in [-0.2, 0) is 0 Å². The Morgan fingerprint density at radius 2 is 1.94 bits per heavy atom. The van der Waals surface area contributed by atoms with Crippen LogP contribution in [0.3, 0.4) is 0 Å². The average Bonchev–Trinajstić information content (AvgIpc) is 2.83. The third-order valence-electron chi connectivity index (χ3n) is 2.51. The number of hydrazine groups is 1. The van der Waals surface area contributed by atoms with Gasteiger partial charge in [0.25, 0.3) is 0 Å². The smallest absolute Gasteiger partial charge is 0.161 e. The summed E-state index contributed by atoms with van der Waals surface area (Å²) >= 11 is 1.63. The molecule has 4 nitrogen and oxygen atoms in total. The summed E-state index contributed by atoms with van der Waals surface area (Å²) in [5.41, 5.74) is 4.69. The van der Waals surface area contributed by atoms with Gasteiger partial charge in [-0.1, -0.05) is 30.3 Å². The Morgan fingerprint density at radius 1 is 1.12 bits per heavy atom. The molecule has 2 aromatic heterocycles. The van der Waals surface area contributed by atoms with Gasteiger partial charge in [0.15, 0.2) is 5.82 Å². The van der Waals surface area contributed by atoms with Gasteiger partial charge in [-0.3, -0.25) is 0 Å². The minimum Gasteiger partial charge on any atom is -0.307 e. The second-order valence-electron chi connectivity index (χ2n) is 3.56. The lowest BCUT2D eigenvalue weighted by Crippen LogP contribution is -2.08. The molecule has 0 spiro atoms. The molecule has 0 atom stereocenters. The summed E-state index contributed by atoms with van der Waals surface area (Å²) in [6.07, 6.45) is 1.51. The molecule has 17 heavy (non-hydrogen) atoms. The van der Waals surface area contributed by atoms with Crippen molar-refractivity contribution in [1.82, 2.24) is 9.97 Å². The maximum atomic E-state index is 5.43. The Labute approximate surface area is 102 Å². The van der Waals surface area contributed by atoms with Crippen LogP contribution < -0.4 is 11.3 Å². The predicted octanol–water partition coefficient (Wildman–Crippen LogP) is 2.64. The highest BCUT2D eigenvalue weighted by molar-refractivity contribution is 7.22. The second-order valence-corrected chi connectivity index (χ2v) is 4.61. The van der Waals surface area contributed by atoms with Crippen molar-refractivity contribution < 1.29 is 0 Å². The maximum Gasteiger partial charge on any atom is 0.161 e. The topological polar surface area (TPSA) is 63.8 Å². The number of benzene rings is 1. The minimum atomic E-state index is 0.669. The number of anilines is 1. The van der Waals surface area contributed by atoms with Gasteiger partial charge in [-0.15, -0.1) is 11.3 Å². The Balaban J connectivity index is 2.20. The highest BCUT2D eigenvalue weighted by Crippen LogP contribution is 2.34. The van der Waals surface area contributed by atoms with E-state index in [0.717, 1.165) is 15.1 Å². The number of thiophene rings is 1. The molecule has 0 amide bonds. The zero-order valence-electron chi connectivity index (χ0n) is 8.92. The van der Waals surface area contributed by atoms with Gasteiger partial charge >= 0.3 is 0 Å². The van der Waals surface area contributed by atoms with Crippen LogP contribution in [0.2, 0.25) is 0 Å². The van der Waals surface area contributed by atoms with Gasteiger partial charge in [0.1, 0.15) is 6.33 Å². The van der Waals surface area contributed by atoms with Gasteiger partial charge in [0, 0.05) is 4.88 Å². The average molecular weight is 242 g/mol. The predicted molar refractivity (Wildman–Crippen MR) is 70.7 cm³/mol. The number of hydrogen-bond donors (Lipinski definition) is 2. The Kier molecular flexibility index (Phi) is 2.47. The van der Waals surface area contributed by atoms with E-state index in [2.05, 4.69) is 33.6 Å². The quantitative estimate of drug-likeness (QED) is 0.535. The fourth-order valence-electron chi connectivity index (χ4n) is 1.70. The highest BCUT2D eigenvalue weighted by Gasteiger charge is 2.08. The standard InChI is InChI=1S/C12H10N4S/c13-16-12-11-9(14-7-15-12)6-10(17-11)8-4-2-1-3-5-8/h1-7H,13H2,(H,14,15,16). The molecule has 0 fully saturated rings. The van der Waals surface area contributed by atoms with E-state index < -0.39 is 0 Å². The maximum absolute atomic E-state index is 5.43. The first-order chi connectivity index (χ1) is 8.38. The van der Waals surface area contributed by atoms with E-state index in [1.807, 2.05) is 18.2 Å². The van der Waals surface area contributed by atoms with E-state index >= 15 is 0 Å². The number of nitrogen functional groups attached to an aromatic ring is 1. The lowest BCUT2D eigenvalue weighted by molar-refractivity contribution is 1.19. The number of rotatable bonds is 2. The molecule has 0 radical (unpaired) electrons. The van der Waals surface area contributed by atoms with Crippen molar-refractivity contribution in [3.8, 4) is 10.4 Å². The molecule has 0 aliphatic rings. The lowest BCUT2D eigenvalue weighted by atomic mass is 10.2. The van der Waals surface area contributed by atoms with Crippen LogP contribution in [0.1, 0.15) is 0 Å².